The van der Waals surface area contributed by atoms with Crippen molar-refractivity contribution in [3.05, 3.63) is 74.7 Å². The molecule has 122 valence electrons. The highest BCUT2D eigenvalue weighted by Crippen LogP contribution is 2.38. The minimum absolute atomic E-state index is 0.00528. The van der Waals surface area contributed by atoms with Gasteiger partial charge < -0.3 is 5.32 Å². The van der Waals surface area contributed by atoms with Gasteiger partial charge in [-0.15, -0.1) is 0 Å². The second kappa shape index (κ2) is 6.29. The lowest BCUT2D eigenvalue weighted by atomic mass is 9.93. The highest BCUT2D eigenvalue weighted by atomic mass is 79.9. The second-order valence-corrected chi connectivity index (χ2v) is 7.47. The summed E-state index contributed by atoms with van der Waals surface area (Å²) in [5.41, 5.74) is 2.18. The van der Waals surface area contributed by atoms with Crippen LogP contribution in [0.25, 0.3) is 0 Å². The molecule has 0 bridgehead atoms. The maximum Gasteiger partial charge on any atom is 0.222 e. The van der Waals surface area contributed by atoms with Crippen molar-refractivity contribution < 1.29 is 4.39 Å². The maximum absolute atomic E-state index is 13.6. The molecule has 2 aromatic carbocycles. The summed E-state index contributed by atoms with van der Waals surface area (Å²) in [7, 11) is 0. The van der Waals surface area contributed by atoms with Gasteiger partial charge in [0.15, 0.2) is 0 Å². The molecule has 0 spiro atoms. The van der Waals surface area contributed by atoms with Gasteiger partial charge in [-0.3, -0.25) is 0 Å². The number of aromatic nitrogens is 3. The van der Waals surface area contributed by atoms with Gasteiger partial charge in [0, 0.05) is 4.47 Å². The molecule has 4 rings (SSSR count). The zero-order valence-corrected chi connectivity index (χ0v) is 15.6. The number of rotatable bonds is 2. The molecule has 0 amide bonds. The molecule has 4 nitrogen and oxygen atoms in total. The molecule has 0 saturated heterocycles. The van der Waals surface area contributed by atoms with Gasteiger partial charge >= 0.3 is 0 Å². The number of hydrogen-bond donors (Lipinski definition) is 1. The van der Waals surface area contributed by atoms with Gasteiger partial charge in [-0.1, -0.05) is 34.1 Å². The minimum atomic E-state index is -0.268. The third-order valence-electron chi connectivity index (χ3n) is 4.23. The minimum Gasteiger partial charge on any atom is -0.348 e. The lowest BCUT2D eigenvalue weighted by Crippen LogP contribution is -2.28. The molecular weight excluding hydrogens is 439 g/mol. The Morgan fingerprint density at radius 2 is 1.83 bits per heavy atom. The van der Waals surface area contributed by atoms with Gasteiger partial charge in [0.2, 0.25) is 5.95 Å². The summed E-state index contributed by atoms with van der Waals surface area (Å²) in [5.74, 6) is 0.454. The quantitative estimate of drug-likeness (QED) is 0.590. The summed E-state index contributed by atoms with van der Waals surface area (Å²) < 4.78 is 16.9. The van der Waals surface area contributed by atoms with Crippen LogP contribution >= 0.6 is 31.9 Å². The summed E-state index contributed by atoms with van der Waals surface area (Å²) in [6.45, 7) is 0. The van der Waals surface area contributed by atoms with E-state index >= 15 is 0 Å². The van der Waals surface area contributed by atoms with Crippen molar-refractivity contribution >= 4 is 37.8 Å². The summed E-state index contributed by atoms with van der Waals surface area (Å²) in [6, 6.07) is 13.4. The van der Waals surface area contributed by atoms with Gasteiger partial charge in [-0.25, -0.2) is 9.07 Å². The van der Waals surface area contributed by atoms with E-state index < -0.39 is 0 Å². The zero-order valence-electron chi connectivity index (χ0n) is 12.5. The van der Waals surface area contributed by atoms with E-state index in [-0.39, 0.29) is 17.9 Å². The van der Waals surface area contributed by atoms with E-state index in [0.717, 1.165) is 22.4 Å². The largest absolute Gasteiger partial charge is 0.348 e. The fourth-order valence-corrected chi connectivity index (χ4v) is 3.69. The molecule has 0 fully saturated rings. The van der Waals surface area contributed by atoms with E-state index in [9.17, 15) is 4.39 Å². The van der Waals surface area contributed by atoms with Gasteiger partial charge in [0.1, 0.15) is 12.1 Å². The van der Waals surface area contributed by atoms with Crippen molar-refractivity contribution in [1.29, 1.82) is 0 Å². The summed E-state index contributed by atoms with van der Waals surface area (Å²) in [4.78, 5) is 4.31. The van der Waals surface area contributed by atoms with Gasteiger partial charge in [0.05, 0.1) is 16.6 Å². The van der Waals surface area contributed by atoms with E-state index in [1.807, 2.05) is 22.9 Å². The number of hydrogen-bond acceptors (Lipinski definition) is 3. The first kappa shape index (κ1) is 15.8. The molecule has 1 aromatic heterocycles. The van der Waals surface area contributed by atoms with Crippen LogP contribution in [-0.2, 0) is 0 Å². The van der Waals surface area contributed by atoms with E-state index in [1.54, 1.807) is 6.07 Å². The van der Waals surface area contributed by atoms with E-state index in [4.69, 9.17) is 0 Å². The molecule has 1 N–H and O–H groups in total. The third-order valence-corrected chi connectivity index (χ3v) is 5.37. The number of halogens is 3. The van der Waals surface area contributed by atoms with E-state index in [0.29, 0.717) is 4.47 Å². The Morgan fingerprint density at radius 1 is 1.08 bits per heavy atom. The first-order chi connectivity index (χ1) is 11.6. The fourth-order valence-electron chi connectivity index (χ4n) is 3.03. The molecule has 2 atom stereocenters. The number of nitrogens with zero attached hydrogens (tertiary/aromatic N) is 3. The van der Waals surface area contributed by atoms with Crippen LogP contribution in [0, 0.1) is 5.82 Å². The Hall–Kier alpha value is -1.73. The predicted octanol–water partition coefficient (Wildman–Crippen LogP) is 5.09. The highest BCUT2D eigenvalue weighted by Gasteiger charge is 2.30. The Labute approximate surface area is 155 Å². The maximum atomic E-state index is 13.6. The van der Waals surface area contributed by atoms with Gasteiger partial charge in [-0.2, -0.15) is 10.1 Å². The summed E-state index contributed by atoms with van der Waals surface area (Å²) in [5, 5.41) is 7.76. The van der Waals surface area contributed by atoms with Gasteiger partial charge in [0.25, 0.3) is 0 Å². The van der Waals surface area contributed by atoms with E-state index in [1.165, 1.54) is 18.0 Å². The number of nitrogens with one attached hydrogen (secondary N) is 1. The van der Waals surface area contributed by atoms with Crippen LogP contribution in [0.4, 0.5) is 10.3 Å². The second-order valence-electron chi connectivity index (χ2n) is 5.70. The summed E-state index contributed by atoms with van der Waals surface area (Å²) >= 11 is 6.74. The Kier molecular flexibility index (Phi) is 4.14. The van der Waals surface area contributed by atoms with Crippen molar-refractivity contribution in [1.82, 2.24) is 14.8 Å². The molecule has 3 aromatic rings. The number of benzene rings is 2. The topological polar surface area (TPSA) is 42.7 Å². The van der Waals surface area contributed by atoms with Crippen LogP contribution in [-0.4, -0.2) is 14.8 Å². The van der Waals surface area contributed by atoms with Crippen LogP contribution < -0.4 is 5.32 Å². The monoisotopic (exact) mass is 450 g/mol. The molecule has 24 heavy (non-hydrogen) atoms. The Bertz CT molecular complexity index is 879. The van der Waals surface area contributed by atoms with Crippen molar-refractivity contribution in [3.63, 3.8) is 0 Å². The smallest absolute Gasteiger partial charge is 0.222 e. The molecule has 1 aliphatic rings. The zero-order chi connectivity index (χ0) is 16.7. The molecule has 0 unspecified atom stereocenters. The Balaban J connectivity index is 1.73. The van der Waals surface area contributed by atoms with Crippen molar-refractivity contribution in [3.8, 4) is 0 Å². The molecule has 1 aliphatic heterocycles. The van der Waals surface area contributed by atoms with Crippen molar-refractivity contribution in [2.24, 2.45) is 0 Å². The van der Waals surface area contributed by atoms with Crippen LogP contribution in [0.5, 0.6) is 0 Å². The lowest BCUT2D eigenvalue weighted by Gasteiger charge is -2.32. The van der Waals surface area contributed by atoms with Crippen LogP contribution in [0.15, 0.2) is 57.7 Å². The summed E-state index contributed by atoms with van der Waals surface area (Å²) in [6.07, 6.45) is 2.34. The predicted molar refractivity (Wildman–Crippen MR) is 97.4 cm³/mol. The standard InChI is InChI=1S/C17H13Br2FN4/c18-12-4-1-10(2-5-12)15-8-16(24-17(23-15)21-9-22-24)11-3-6-14(20)13(19)7-11/h1-7,9,15-16H,8H2,(H,21,22,23)/t15-,16+/m0/s1. The highest BCUT2D eigenvalue weighted by molar-refractivity contribution is 9.10. The first-order valence-corrected chi connectivity index (χ1v) is 9.07. The molecule has 0 radical (unpaired) electrons. The average Bonchev–Trinajstić information content (AvgIpc) is 3.06. The van der Waals surface area contributed by atoms with Crippen molar-refractivity contribution in [2.45, 2.75) is 18.5 Å². The third kappa shape index (κ3) is 2.86. The van der Waals surface area contributed by atoms with Crippen LogP contribution in [0.3, 0.4) is 0 Å². The fraction of sp³-hybridized carbons (Fsp3) is 0.176. The SMILES string of the molecule is Fc1ccc([C@H]2C[C@@H](c3ccc(Br)cc3)Nc3ncnn32)cc1Br. The van der Waals surface area contributed by atoms with E-state index in [2.05, 4.69) is 59.4 Å². The van der Waals surface area contributed by atoms with Crippen LogP contribution in [0.1, 0.15) is 29.6 Å². The number of fused-ring (bicyclic) bond motifs is 1. The van der Waals surface area contributed by atoms with Gasteiger partial charge in [-0.05, 0) is 57.7 Å². The molecule has 7 heteroatoms. The average molecular weight is 452 g/mol. The molecule has 2 heterocycles. The Morgan fingerprint density at radius 3 is 2.58 bits per heavy atom. The van der Waals surface area contributed by atoms with Crippen molar-refractivity contribution in [2.75, 3.05) is 5.32 Å². The lowest BCUT2D eigenvalue weighted by molar-refractivity contribution is 0.430. The number of anilines is 1. The molecular formula is C17H13Br2FN4. The van der Waals surface area contributed by atoms with Crippen LogP contribution in [0.2, 0.25) is 0 Å². The normalized spacial score (nSPS) is 19.6. The molecule has 0 saturated carbocycles. The first-order valence-electron chi connectivity index (χ1n) is 7.48. The molecule has 0 aliphatic carbocycles.